The Morgan fingerprint density at radius 2 is 2.29 bits per heavy atom. The third-order valence-electron chi connectivity index (χ3n) is 0.837. The largest absolute Gasteiger partial charge is 0.653 e. The number of nitrogens with zero attached hydrogens (tertiary/aromatic N) is 1. The van der Waals surface area contributed by atoms with E-state index in [0.29, 0.717) is 6.42 Å². The van der Waals surface area contributed by atoms with E-state index in [4.69, 9.17) is 0 Å². The molecule has 0 N–H and O–H groups in total. The molecule has 1 saturated heterocycles. The van der Waals surface area contributed by atoms with Gasteiger partial charge in [0.1, 0.15) is 0 Å². The fourth-order valence-electron chi connectivity index (χ4n) is 0.513. The van der Waals surface area contributed by atoms with Crippen molar-refractivity contribution in [3.8, 4) is 0 Å². The molecule has 0 aromatic heterocycles. The smallest absolute Gasteiger partial charge is 0.0510 e. The Morgan fingerprint density at radius 3 is 2.43 bits per heavy atom. The van der Waals surface area contributed by atoms with Crippen molar-refractivity contribution >= 4 is 5.91 Å². The molecule has 7 heavy (non-hydrogen) atoms. The van der Waals surface area contributed by atoms with Crippen LogP contribution >= 0.6 is 0 Å². The van der Waals surface area contributed by atoms with Crippen LogP contribution < -0.4 is 0 Å². The molecule has 0 aliphatic carbocycles. The summed E-state index contributed by atoms with van der Waals surface area (Å²) in [6, 6.07) is 0. The molecule has 0 aromatic rings. The van der Waals surface area contributed by atoms with Crippen molar-refractivity contribution in [1.29, 1.82) is 0 Å². The molecule has 0 radical (unpaired) electrons. The van der Waals surface area contributed by atoms with Gasteiger partial charge in [0.2, 0.25) is 0 Å². The van der Waals surface area contributed by atoms with Crippen molar-refractivity contribution in [3.63, 3.8) is 0 Å². The Hall–Kier alpha value is -0.0365. The van der Waals surface area contributed by atoms with E-state index in [9.17, 15) is 4.79 Å². The Kier molecular flexibility index (Phi) is 3.01. The SMILES string of the molecule is O=C1CCC[N-]1.[Ni]. The van der Waals surface area contributed by atoms with Crippen LogP contribution in [0.2, 0.25) is 0 Å². The Balaban J connectivity index is 0.000000360. The minimum atomic E-state index is 0. The van der Waals surface area contributed by atoms with Gasteiger partial charge < -0.3 is 10.1 Å². The zero-order valence-electron chi connectivity index (χ0n) is 3.79. The summed E-state index contributed by atoms with van der Waals surface area (Å²) >= 11 is 0. The van der Waals surface area contributed by atoms with E-state index in [1.165, 1.54) is 0 Å². The van der Waals surface area contributed by atoms with Gasteiger partial charge in [-0.3, -0.25) is 0 Å². The molecule has 1 heterocycles. The standard InChI is InChI=1S/C4H7NO.Ni/c6-4-2-1-3-5-4;/h1-3H2,(H,5,6);/p-1. The number of hydrogen-bond donors (Lipinski definition) is 0. The topological polar surface area (TPSA) is 31.2 Å². The first-order chi connectivity index (χ1) is 2.89. The number of carbonyl (C=O) groups excluding carboxylic acids is 1. The molecule has 0 atom stereocenters. The van der Waals surface area contributed by atoms with Gasteiger partial charge >= 0.3 is 0 Å². The fraction of sp³-hybridized carbons (Fsp3) is 0.750. The summed E-state index contributed by atoms with van der Waals surface area (Å²) in [7, 11) is 0. The van der Waals surface area contributed by atoms with E-state index >= 15 is 0 Å². The Labute approximate surface area is 52.6 Å². The van der Waals surface area contributed by atoms with E-state index in [2.05, 4.69) is 5.32 Å². The van der Waals surface area contributed by atoms with E-state index < -0.39 is 0 Å². The average molecular weight is 143 g/mol. The summed E-state index contributed by atoms with van der Waals surface area (Å²) in [5.74, 6) is 0.0787. The summed E-state index contributed by atoms with van der Waals surface area (Å²) in [5.41, 5.74) is 0. The van der Waals surface area contributed by atoms with Crippen LogP contribution in [0, 0.1) is 0 Å². The maximum absolute atomic E-state index is 10.1. The minimum absolute atomic E-state index is 0. The first kappa shape index (κ1) is 6.96. The third kappa shape index (κ3) is 1.93. The zero-order valence-corrected chi connectivity index (χ0v) is 4.78. The molecule has 2 nitrogen and oxygen atoms in total. The van der Waals surface area contributed by atoms with E-state index in [1.807, 2.05) is 0 Å². The molecule has 0 unspecified atom stereocenters. The monoisotopic (exact) mass is 142 g/mol. The fourth-order valence-corrected chi connectivity index (χ4v) is 0.513. The van der Waals surface area contributed by atoms with Gasteiger partial charge in [-0.2, -0.15) is 0 Å². The van der Waals surface area contributed by atoms with Gasteiger partial charge in [-0.15, -0.1) is 6.54 Å². The molecule has 0 bridgehead atoms. The molecule has 1 amide bonds. The molecule has 1 fully saturated rings. The van der Waals surface area contributed by atoms with Crippen LogP contribution in [0.25, 0.3) is 5.32 Å². The molecule has 0 saturated carbocycles. The van der Waals surface area contributed by atoms with E-state index in [-0.39, 0.29) is 22.4 Å². The first-order valence-corrected chi connectivity index (χ1v) is 2.10. The molecule has 44 valence electrons. The number of hydrogen-bond acceptors (Lipinski definition) is 1. The van der Waals surface area contributed by atoms with Crippen LogP contribution in [0.4, 0.5) is 0 Å². The quantitative estimate of drug-likeness (QED) is 0.458. The zero-order chi connectivity index (χ0) is 4.41. The second-order valence-electron chi connectivity index (χ2n) is 1.38. The van der Waals surface area contributed by atoms with Gasteiger partial charge in [-0.25, -0.2) is 0 Å². The molecule has 1 aliphatic rings. The Morgan fingerprint density at radius 1 is 1.57 bits per heavy atom. The van der Waals surface area contributed by atoms with Crippen LogP contribution in [0.15, 0.2) is 0 Å². The first-order valence-electron chi connectivity index (χ1n) is 2.10. The van der Waals surface area contributed by atoms with Gasteiger partial charge in [0.25, 0.3) is 0 Å². The number of rotatable bonds is 0. The van der Waals surface area contributed by atoms with Crippen molar-refractivity contribution < 1.29 is 21.3 Å². The maximum Gasteiger partial charge on any atom is 0.0510 e. The maximum atomic E-state index is 10.1. The van der Waals surface area contributed by atoms with Crippen molar-refractivity contribution in [2.24, 2.45) is 0 Å². The summed E-state index contributed by atoms with van der Waals surface area (Å²) in [6.45, 7) is 0.763. The molecule has 1 aliphatic heterocycles. The second-order valence-corrected chi connectivity index (χ2v) is 1.38. The van der Waals surface area contributed by atoms with Gasteiger partial charge in [-0.1, -0.05) is 6.42 Å². The third-order valence-corrected chi connectivity index (χ3v) is 0.837. The van der Waals surface area contributed by atoms with E-state index in [0.717, 1.165) is 13.0 Å². The normalized spacial score (nSPS) is 18.0. The molecule has 3 heteroatoms. The summed E-state index contributed by atoms with van der Waals surface area (Å²) < 4.78 is 0. The molecular formula is C4H6NNiO-. The predicted molar refractivity (Wildman–Crippen MR) is 22.5 cm³/mol. The van der Waals surface area contributed by atoms with E-state index in [1.54, 1.807) is 0 Å². The van der Waals surface area contributed by atoms with Gasteiger partial charge in [0.15, 0.2) is 0 Å². The van der Waals surface area contributed by atoms with Gasteiger partial charge in [0.05, 0.1) is 5.91 Å². The number of amides is 1. The molecule has 0 spiro atoms. The van der Waals surface area contributed by atoms with Crippen molar-refractivity contribution in [2.75, 3.05) is 6.54 Å². The molecule has 0 aromatic carbocycles. The van der Waals surface area contributed by atoms with Crippen molar-refractivity contribution in [3.05, 3.63) is 5.32 Å². The Bertz CT molecular complexity index is 66.1. The van der Waals surface area contributed by atoms with Crippen LogP contribution in [-0.4, -0.2) is 12.5 Å². The van der Waals surface area contributed by atoms with Crippen LogP contribution in [0.5, 0.6) is 0 Å². The second kappa shape index (κ2) is 3.03. The van der Waals surface area contributed by atoms with Crippen molar-refractivity contribution in [1.82, 2.24) is 0 Å². The van der Waals surface area contributed by atoms with Gasteiger partial charge in [-0.05, 0) is 6.42 Å². The average Bonchev–Trinajstić information content (AvgIpc) is 1.86. The summed E-state index contributed by atoms with van der Waals surface area (Å²) in [4.78, 5) is 10.1. The molecule has 1 rings (SSSR count). The molecular weight excluding hydrogens is 137 g/mol. The summed E-state index contributed by atoms with van der Waals surface area (Å²) in [5, 5.41) is 3.60. The predicted octanol–water partition coefficient (Wildman–Crippen LogP) is 0.678. The van der Waals surface area contributed by atoms with Crippen LogP contribution in [0.1, 0.15) is 12.8 Å². The van der Waals surface area contributed by atoms with Crippen LogP contribution in [0.3, 0.4) is 0 Å². The number of carbonyl (C=O) groups is 1. The summed E-state index contributed by atoms with van der Waals surface area (Å²) in [6.07, 6.45) is 1.65. The van der Waals surface area contributed by atoms with Crippen LogP contribution in [-0.2, 0) is 21.3 Å². The van der Waals surface area contributed by atoms with Gasteiger partial charge in [0, 0.05) is 16.5 Å². The van der Waals surface area contributed by atoms with Crippen molar-refractivity contribution in [2.45, 2.75) is 12.8 Å². The minimum Gasteiger partial charge on any atom is -0.653 e.